The molecule has 1 fully saturated rings. The summed E-state index contributed by atoms with van der Waals surface area (Å²) in [6.45, 7) is 4.33. The smallest absolute Gasteiger partial charge is 0.123 e. The van der Waals surface area contributed by atoms with E-state index in [2.05, 4.69) is 12.2 Å². The van der Waals surface area contributed by atoms with Crippen LogP contribution in [0.15, 0.2) is 18.2 Å². The summed E-state index contributed by atoms with van der Waals surface area (Å²) in [6, 6.07) is 5.06. The normalized spacial score (nSPS) is 28.4. The molecule has 0 spiro atoms. The van der Waals surface area contributed by atoms with E-state index in [9.17, 15) is 4.39 Å². The Balaban J connectivity index is 2.36. The molecule has 112 valence electrons. The van der Waals surface area contributed by atoms with E-state index in [0.717, 1.165) is 29.9 Å². The largest absolute Gasteiger partial charge is 0.376 e. The minimum absolute atomic E-state index is 0.0377. The molecule has 1 aliphatic rings. The lowest BCUT2D eigenvalue weighted by Gasteiger charge is -2.44. The highest BCUT2D eigenvalue weighted by atomic mass is 19.1. The highest BCUT2D eigenvalue weighted by Crippen LogP contribution is 2.43. The molecule has 1 aromatic rings. The number of hydrogen-bond acceptors (Lipinski definition) is 2. The SMILES string of the molecule is CNC(c1cc(F)ccc1C)C1(OC)CCC(C)CC1. The Kier molecular flexibility index (Phi) is 4.82. The van der Waals surface area contributed by atoms with Gasteiger partial charge in [-0.15, -0.1) is 0 Å². The van der Waals surface area contributed by atoms with Gasteiger partial charge in [0.15, 0.2) is 0 Å². The number of benzene rings is 1. The summed E-state index contributed by atoms with van der Waals surface area (Å²) < 4.78 is 19.6. The molecule has 1 aromatic carbocycles. The fourth-order valence-corrected chi connectivity index (χ4v) is 3.49. The van der Waals surface area contributed by atoms with Gasteiger partial charge in [0, 0.05) is 7.11 Å². The van der Waals surface area contributed by atoms with Crippen molar-refractivity contribution >= 4 is 0 Å². The van der Waals surface area contributed by atoms with Crippen LogP contribution in [-0.2, 0) is 4.74 Å². The molecule has 20 heavy (non-hydrogen) atoms. The Bertz CT molecular complexity index is 452. The third-order valence-corrected chi connectivity index (χ3v) is 4.89. The van der Waals surface area contributed by atoms with Gasteiger partial charge in [0.1, 0.15) is 5.82 Å². The first-order valence-corrected chi connectivity index (χ1v) is 7.51. The molecule has 3 heteroatoms. The van der Waals surface area contributed by atoms with Crippen molar-refractivity contribution in [1.29, 1.82) is 0 Å². The van der Waals surface area contributed by atoms with Crippen molar-refractivity contribution in [2.75, 3.05) is 14.2 Å². The molecule has 0 aliphatic heterocycles. The Hall–Kier alpha value is -0.930. The van der Waals surface area contributed by atoms with Crippen LogP contribution in [0, 0.1) is 18.7 Å². The number of nitrogens with one attached hydrogen (secondary N) is 1. The van der Waals surface area contributed by atoms with E-state index in [0.29, 0.717) is 0 Å². The molecular formula is C17H26FNO. The lowest BCUT2D eigenvalue weighted by atomic mass is 9.73. The Morgan fingerprint density at radius 3 is 2.55 bits per heavy atom. The molecule has 1 saturated carbocycles. The van der Waals surface area contributed by atoms with Crippen LogP contribution >= 0.6 is 0 Å². The van der Waals surface area contributed by atoms with E-state index in [4.69, 9.17) is 4.74 Å². The highest BCUT2D eigenvalue weighted by Gasteiger charge is 2.42. The average molecular weight is 279 g/mol. The van der Waals surface area contributed by atoms with Crippen molar-refractivity contribution in [2.45, 2.75) is 51.2 Å². The lowest BCUT2D eigenvalue weighted by Crippen LogP contribution is -2.47. The van der Waals surface area contributed by atoms with Gasteiger partial charge in [-0.25, -0.2) is 4.39 Å². The Morgan fingerprint density at radius 1 is 1.35 bits per heavy atom. The Morgan fingerprint density at radius 2 is 2.00 bits per heavy atom. The number of halogens is 1. The van der Waals surface area contributed by atoms with Crippen LogP contribution in [-0.4, -0.2) is 19.8 Å². The Labute approximate surface area is 121 Å². The molecule has 0 heterocycles. The second-order valence-corrected chi connectivity index (χ2v) is 6.17. The first-order chi connectivity index (χ1) is 9.52. The second-order valence-electron chi connectivity index (χ2n) is 6.17. The van der Waals surface area contributed by atoms with Crippen molar-refractivity contribution in [3.05, 3.63) is 35.1 Å². The van der Waals surface area contributed by atoms with Crippen molar-refractivity contribution in [3.63, 3.8) is 0 Å². The number of hydrogen-bond donors (Lipinski definition) is 1. The van der Waals surface area contributed by atoms with Gasteiger partial charge in [-0.05, 0) is 68.8 Å². The second kappa shape index (κ2) is 6.23. The van der Waals surface area contributed by atoms with Gasteiger partial charge in [0.2, 0.25) is 0 Å². The molecule has 1 aliphatic carbocycles. The fraction of sp³-hybridized carbons (Fsp3) is 0.647. The highest BCUT2D eigenvalue weighted by molar-refractivity contribution is 5.32. The van der Waals surface area contributed by atoms with E-state index in [-0.39, 0.29) is 17.5 Å². The molecule has 1 unspecified atom stereocenters. The molecule has 0 bridgehead atoms. The predicted molar refractivity (Wildman–Crippen MR) is 80.3 cm³/mol. The van der Waals surface area contributed by atoms with Gasteiger partial charge >= 0.3 is 0 Å². The quantitative estimate of drug-likeness (QED) is 0.900. The first kappa shape index (κ1) is 15.5. The van der Waals surface area contributed by atoms with Gasteiger partial charge in [-0.2, -0.15) is 0 Å². The maximum Gasteiger partial charge on any atom is 0.123 e. The van der Waals surface area contributed by atoms with Crippen LogP contribution in [0.1, 0.15) is 49.8 Å². The molecule has 0 amide bonds. The van der Waals surface area contributed by atoms with Gasteiger partial charge in [0.25, 0.3) is 0 Å². The first-order valence-electron chi connectivity index (χ1n) is 7.51. The minimum atomic E-state index is -0.222. The summed E-state index contributed by atoms with van der Waals surface area (Å²) in [5.74, 6) is 0.575. The maximum atomic E-state index is 13.6. The number of aryl methyl sites for hydroxylation is 1. The zero-order valence-corrected chi connectivity index (χ0v) is 13.0. The van der Waals surface area contributed by atoms with Gasteiger partial charge in [-0.1, -0.05) is 13.0 Å². The van der Waals surface area contributed by atoms with Crippen LogP contribution in [0.25, 0.3) is 0 Å². The standard InChI is InChI=1S/C17H26FNO/c1-12-7-9-17(20-4,10-8-12)16(19-3)15-11-14(18)6-5-13(15)2/h5-6,11-12,16,19H,7-10H2,1-4H3. The van der Waals surface area contributed by atoms with Crippen LogP contribution < -0.4 is 5.32 Å². The predicted octanol–water partition coefficient (Wildman–Crippen LogP) is 3.99. The molecule has 1 atom stereocenters. The number of rotatable bonds is 4. The van der Waals surface area contributed by atoms with Gasteiger partial charge < -0.3 is 10.1 Å². The van der Waals surface area contributed by atoms with Crippen LogP contribution in [0.2, 0.25) is 0 Å². The molecule has 0 radical (unpaired) electrons. The zero-order chi connectivity index (χ0) is 14.8. The van der Waals surface area contributed by atoms with E-state index < -0.39 is 0 Å². The van der Waals surface area contributed by atoms with Crippen molar-refractivity contribution in [1.82, 2.24) is 5.32 Å². The third-order valence-electron chi connectivity index (χ3n) is 4.89. The van der Waals surface area contributed by atoms with E-state index in [1.54, 1.807) is 13.2 Å². The molecule has 0 aromatic heterocycles. The molecule has 0 saturated heterocycles. The number of methoxy groups -OCH3 is 1. The summed E-state index contributed by atoms with van der Waals surface area (Å²) >= 11 is 0. The van der Waals surface area contributed by atoms with Crippen molar-refractivity contribution in [3.8, 4) is 0 Å². The molecule has 2 rings (SSSR count). The molecule has 2 nitrogen and oxygen atoms in total. The molecule has 1 N–H and O–H groups in total. The summed E-state index contributed by atoms with van der Waals surface area (Å²) in [5, 5.41) is 3.37. The third kappa shape index (κ3) is 2.89. The molecular weight excluding hydrogens is 253 g/mol. The summed E-state index contributed by atoms with van der Waals surface area (Å²) in [6.07, 6.45) is 4.37. The maximum absolute atomic E-state index is 13.6. The number of ether oxygens (including phenoxy) is 1. The summed E-state index contributed by atoms with van der Waals surface area (Å²) in [5.41, 5.74) is 1.91. The average Bonchev–Trinajstić information content (AvgIpc) is 2.45. The fourth-order valence-electron chi connectivity index (χ4n) is 3.49. The number of likely N-dealkylation sites (N-methyl/N-ethyl adjacent to an activating group) is 1. The van der Waals surface area contributed by atoms with Crippen LogP contribution in [0.3, 0.4) is 0 Å². The lowest BCUT2D eigenvalue weighted by molar-refractivity contribution is -0.0746. The van der Waals surface area contributed by atoms with Crippen molar-refractivity contribution < 1.29 is 9.13 Å². The van der Waals surface area contributed by atoms with E-state index >= 15 is 0 Å². The van der Waals surface area contributed by atoms with Gasteiger partial charge in [0.05, 0.1) is 11.6 Å². The van der Waals surface area contributed by atoms with E-state index in [1.807, 2.05) is 20.0 Å². The zero-order valence-electron chi connectivity index (χ0n) is 13.0. The van der Waals surface area contributed by atoms with Gasteiger partial charge in [-0.3, -0.25) is 0 Å². The van der Waals surface area contributed by atoms with E-state index in [1.165, 1.54) is 18.9 Å². The van der Waals surface area contributed by atoms with Crippen LogP contribution in [0.5, 0.6) is 0 Å². The van der Waals surface area contributed by atoms with Crippen molar-refractivity contribution in [2.24, 2.45) is 5.92 Å². The summed E-state index contributed by atoms with van der Waals surface area (Å²) in [4.78, 5) is 0. The topological polar surface area (TPSA) is 21.3 Å². The monoisotopic (exact) mass is 279 g/mol. The van der Waals surface area contributed by atoms with Crippen LogP contribution in [0.4, 0.5) is 4.39 Å². The minimum Gasteiger partial charge on any atom is -0.376 e. The summed E-state index contributed by atoms with van der Waals surface area (Å²) in [7, 11) is 3.72.